The lowest BCUT2D eigenvalue weighted by Gasteiger charge is -2.54. The van der Waals surface area contributed by atoms with Gasteiger partial charge < -0.3 is 10.3 Å². The molecule has 0 amide bonds. The molecule has 3 nitrogen and oxygen atoms in total. The molecule has 1 aliphatic heterocycles. The van der Waals surface area contributed by atoms with Gasteiger partial charge in [-0.3, -0.25) is 0 Å². The lowest BCUT2D eigenvalue weighted by molar-refractivity contribution is -0.275. The second-order valence-electron chi connectivity index (χ2n) is 7.33. The number of nitrogens with zero attached hydrogens (tertiary/aromatic N) is 1. The minimum atomic E-state index is -0.625. The molecule has 1 aliphatic rings. The molecule has 1 rings (SSSR count). The van der Waals surface area contributed by atoms with Crippen molar-refractivity contribution in [3.63, 3.8) is 0 Å². The van der Waals surface area contributed by atoms with Crippen molar-refractivity contribution < 1.29 is 10.3 Å². The van der Waals surface area contributed by atoms with Crippen LogP contribution in [-0.2, 0) is 0 Å². The van der Waals surface area contributed by atoms with Crippen molar-refractivity contribution in [2.45, 2.75) is 96.2 Å². The Balaban J connectivity index is 2.66. The topological polar surface area (TPSA) is 43.7 Å². The summed E-state index contributed by atoms with van der Waals surface area (Å²) >= 11 is 0. The van der Waals surface area contributed by atoms with Gasteiger partial charge in [0, 0.05) is 11.1 Å². The second kappa shape index (κ2) is 5.48. The van der Waals surface area contributed by atoms with E-state index in [-0.39, 0.29) is 11.1 Å². The lowest BCUT2D eigenvalue weighted by Crippen LogP contribution is -2.64. The molecular formula is C15H31NO2. The van der Waals surface area contributed by atoms with Crippen LogP contribution in [0.4, 0.5) is 0 Å². The van der Waals surface area contributed by atoms with E-state index in [9.17, 15) is 10.3 Å². The maximum atomic E-state index is 10.8. The maximum absolute atomic E-state index is 10.8. The summed E-state index contributed by atoms with van der Waals surface area (Å²) in [6.07, 6.45) is 6.89. The van der Waals surface area contributed by atoms with Crippen LogP contribution in [0.1, 0.15) is 79.6 Å². The summed E-state index contributed by atoms with van der Waals surface area (Å²) in [4.78, 5) is 0. The van der Waals surface area contributed by atoms with Gasteiger partial charge in [0.1, 0.15) is 0 Å². The number of hydrogen-bond donors (Lipinski definition) is 2. The minimum absolute atomic E-state index is 0.360. The average Bonchev–Trinajstić information content (AvgIpc) is 2.20. The highest BCUT2D eigenvalue weighted by Crippen LogP contribution is 2.44. The molecule has 0 aliphatic carbocycles. The first-order chi connectivity index (χ1) is 8.13. The van der Waals surface area contributed by atoms with Crippen molar-refractivity contribution in [3.05, 3.63) is 0 Å². The fraction of sp³-hybridized carbons (Fsp3) is 1.00. The molecule has 0 aromatic heterocycles. The molecule has 108 valence electrons. The molecule has 1 fully saturated rings. The molecule has 3 heteroatoms. The molecule has 2 N–H and O–H groups in total. The Morgan fingerprint density at radius 3 is 1.89 bits per heavy atom. The van der Waals surface area contributed by atoms with Crippen molar-refractivity contribution in [1.82, 2.24) is 5.06 Å². The fourth-order valence-corrected chi connectivity index (χ4v) is 3.70. The number of aliphatic hydroxyl groups is 1. The van der Waals surface area contributed by atoms with Gasteiger partial charge in [0.15, 0.2) is 0 Å². The molecule has 0 aromatic carbocycles. The highest BCUT2D eigenvalue weighted by molar-refractivity contribution is 5.03. The van der Waals surface area contributed by atoms with Crippen LogP contribution in [-0.4, -0.2) is 32.1 Å². The highest BCUT2D eigenvalue weighted by Gasteiger charge is 2.51. The average molecular weight is 257 g/mol. The van der Waals surface area contributed by atoms with Gasteiger partial charge in [-0.15, -0.1) is 0 Å². The molecular weight excluding hydrogens is 226 g/mol. The van der Waals surface area contributed by atoms with Gasteiger partial charge >= 0.3 is 0 Å². The largest absolute Gasteiger partial charge is 0.390 e. The maximum Gasteiger partial charge on any atom is 0.0684 e. The number of piperidine rings is 1. The third-order valence-electron chi connectivity index (χ3n) is 4.17. The predicted molar refractivity (Wildman–Crippen MR) is 74.7 cm³/mol. The summed E-state index contributed by atoms with van der Waals surface area (Å²) in [7, 11) is 0. The van der Waals surface area contributed by atoms with Gasteiger partial charge in [-0.05, 0) is 47.0 Å². The van der Waals surface area contributed by atoms with Gasteiger partial charge in [-0.25, -0.2) is 0 Å². The molecule has 0 atom stereocenters. The molecule has 0 spiro atoms. The summed E-state index contributed by atoms with van der Waals surface area (Å²) in [5.74, 6) is 0. The van der Waals surface area contributed by atoms with Crippen molar-refractivity contribution in [2.24, 2.45) is 0 Å². The number of hydrogen-bond acceptors (Lipinski definition) is 3. The third-order valence-corrected chi connectivity index (χ3v) is 4.17. The van der Waals surface area contributed by atoms with Gasteiger partial charge in [0.05, 0.1) is 5.60 Å². The second-order valence-corrected chi connectivity index (χ2v) is 7.33. The van der Waals surface area contributed by atoms with Crippen LogP contribution in [0.3, 0.4) is 0 Å². The van der Waals surface area contributed by atoms with Crippen LogP contribution in [0.25, 0.3) is 0 Å². The minimum Gasteiger partial charge on any atom is -0.390 e. The van der Waals surface area contributed by atoms with Crippen molar-refractivity contribution >= 4 is 0 Å². The SMILES string of the molecule is CCCCCCC1(O)CC(C)(C)N(O)C(C)(C)C1. The first-order valence-electron chi connectivity index (χ1n) is 7.35. The van der Waals surface area contributed by atoms with E-state index in [1.54, 1.807) is 0 Å². The zero-order valence-electron chi connectivity index (χ0n) is 12.8. The van der Waals surface area contributed by atoms with E-state index in [4.69, 9.17) is 0 Å². The van der Waals surface area contributed by atoms with E-state index < -0.39 is 5.60 Å². The molecule has 0 saturated carbocycles. The van der Waals surface area contributed by atoms with E-state index in [2.05, 4.69) is 6.92 Å². The number of unbranched alkanes of at least 4 members (excludes halogenated alkanes) is 3. The smallest absolute Gasteiger partial charge is 0.0684 e. The first kappa shape index (κ1) is 15.9. The standard InChI is InChI=1S/C15H31NO2/c1-6-7-8-9-10-15(17)11-13(2,3)16(18)14(4,5)12-15/h17-18H,6-12H2,1-5H3. The predicted octanol–water partition coefficient (Wildman–Crippen LogP) is 3.73. The van der Waals surface area contributed by atoms with E-state index in [1.165, 1.54) is 24.3 Å². The number of hydroxylamine groups is 2. The van der Waals surface area contributed by atoms with Gasteiger partial charge in [0.25, 0.3) is 0 Å². The van der Waals surface area contributed by atoms with E-state index in [0.717, 1.165) is 12.8 Å². The van der Waals surface area contributed by atoms with Crippen molar-refractivity contribution in [2.75, 3.05) is 0 Å². The lowest BCUT2D eigenvalue weighted by atomic mass is 9.70. The van der Waals surface area contributed by atoms with Crippen molar-refractivity contribution in [3.8, 4) is 0 Å². The Labute approximate surface area is 112 Å². The summed E-state index contributed by atoms with van der Waals surface area (Å²) in [6, 6.07) is 0. The molecule has 1 saturated heterocycles. The van der Waals surface area contributed by atoms with E-state index in [0.29, 0.717) is 12.8 Å². The monoisotopic (exact) mass is 257 g/mol. The Morgan fingerprint density at radius 2 is 1.44 bits per heavy atom. The van der Waals surface area contributed by atoms with E-state index >= 15 is 0 Å². The van der Waals surface area contributed by atoms with Gasteiger partial charge in [-0.2, -0.15) is 5.06 Å². The Kier molecular flexibility index (Phi) is 4.85. The Hall–Kier alpha value is -0.120. The van der Waals surface area contributed by atoms with Crippen LogP contribution < -0.4 is 0 Å². The van der Waals surface area contributed by atoms with Gasteiger partial charge in [-0.1, -0.05) is 32.6 Å². The molecule has 0 bridgehead atoms. The van der Waals surface area contributed by atoms with Crippen LogP contribution in [0.2, 0.25) is 0 Å². The number of rotatable bonds is 5. The Bertz CT molecular complexity index is 256. The normalized spacial score (nSPS) is 26.2. The third kappa shape index (κ3) is 3.69. The van der Waals surface area contributed by atoms with Crippen LogP contribution in [0.5, 0.6) is 0 Å². The summed E-state index contributed by atoms with van der Waals surface area (Å²) in [5, 5.41) is 22.5. The quantitative estimate of drug-likeness (QED) is 0.738. The molecule has 18 heavy (non-hydrogen) atoms. The molecule has 0 radical (unpaired) electrons. The fourth-order valence-electron chi connectivity index (χ4n) is 3.70. The van der Waals surface area contributed by atoms with Crippen LogP contribution >= 0.6 is 0 Å². The van der Waals surface area contributed by atoms with Crippen LogP contribution in [0, 0.1) is 0 Å². The zero-order chi connectivity index (χ0) is 14.0. The summed E-state index contributed by atoms with van der Waals surface area (Å²) in [6.45, 7) is 10.2. The zero-order valence-corrected chi connectivity index (χ0v) is 12.8. The summed E-state index contributed by atoms with van der Waals surface area (Å²) < 4.78 is 0. The van der Waals surface area contributed by atoms with E-state index in [1.807, 2.05) is 27.7 Å². The Morgan fingerprint density at radius 1 is 0.944 bits per heavy atom. The molecule has 0 unspecified atom stereocenters. The van der Waals surface area contributed by atoms with Crippen molar-refractivity contribution in [1.29, 1.82) is 0 Å². The van der Waals surface area contributed by atoms with Crippen LogP contribution in [0.15, 0.2) is 0 Å². The molecule has 0 aromatic rings. The molecule has 1 heterocycles. The summed E-state index contributed by atoms with van der Waals surface area (Å²) in [5.41, 5.74) is -1.34. The first-order valence-corrected chi connectivity index (χ1v) is 7.35. The highest BCUT2D eigenvalue weighted by atomic mass is 16.5. The van der Waals surface area contributed by atoms with Gasteiger partial charge in [0.2, 0.25) is 0 Å².